The molecule has 3 heteroatoms. The predicted octanol–water partition coefficient (Wildman–Crippen LogP) is 3.66. The first kappa shape index (κ1) is 17.4. The number of Topliss-reactive ketones (excluding diaryl/α,β-unsaturated/α-hetero) is 2. The summed E-state index contributed by atoms with van der Waals surface area (Å²) in [5.74, 6) is 0.771. The Kier molecular flexibility index (Phi) is 4.94. The average Bonchev–Trinajstić information content (AvgIpc) is 2.57. The zero-order chi connectivity index (χ0) is 17.3. The van der Waals surface area contributed by atoms with Crippen molar-refractivity contribution in [3.63, 3.8) is 0 Å². The Morgan fingerprint density at radius 3 is 2.58 bits per heavy atom. The van der Waals surface area contributed by atoms with Crippen LogP contribution in [0.5, 0.6) is 0 Å². The Bertz CT molecular complexity index is 729. The first-order valence-electron chi connectivity index (χ1n) is 8.58. The van der Waals surface area contributed by atoms with Crippen LogP contribution in [0.25, 0.3) is 0 Å². The van der Waals surface area contributed by atoms with Crippen LogP contribution in [0.2, 0.25) is 5.32 Å². The minimum atomic E-state index is -0.136. The first-order valence-corrected chi connectivity index (χ1v) is 10.6. The fourth-order valence-corrected chi connectivity index (χ4v) is 5.76. The normalized spacial score (nSPS) is 25.4. The fourth-order valence-electron chi connectivity index (χ4n) is 3.72. The van der Waals surface area contributed by atoms with Crippen LogP contribution in [0, 0.1) is 11.3 Å². The Morgan fingerprint density at radius 1 is 1.17 bits per heavy atom. The molecule has 0 spiro atoms. The van der Waals surface area contributed by atoms with Gasteiger partial charge < -0.3 is 0 Å². The standard InChI is InChI=1S/C21H24O2Se/c1-14(13-24-16-7-5-4-6-8-16)17-11-18-15(2)19(22)9-10-21(18,3)12-20(17)23/h4-8,11,14H,9-10,12-13H2,1-3H3/t14-,21-/m1/s1. The topological polar surface area (TPSA) is 34.1 Å². The molecule has 126 valence electrons. The summed E-state index contributed by atoms with van der Waals surface area (Å²) in [6.07, 6.45) is 4.00. The van der Waals surface area contributed by atoms with Gasteiger partial charge in [-0.2, -0.15) is 0 Å². The van der Waals surface area contributed by atoms with Gasteiger partial charge in [0.25, 0.3) is 0 Å². The molecule has 0 radical (unpaired) electrons. The molecule has 0 amide bonds. The third-order valence-electron chi connectivity index (χ3n) is 5.32. The average molecular weight is 387 g/mol. The number of rotatable bonds is 4. The number of carbonyl (C=O) groups excluding carboxylic acids is 2. The van der Waals surface area contributed by atoms with E-state index in [9.17, 15) is 9.59 Å². The molecule has 0 N–H and O–H groups in total. The molecule has 1 aromatic carbocycles. The Morgan fingerprint density at radius 2 is 1.88 bits per heavy atom. The molecule has 0 saturated carbocycles. The number of carbonyl (C=O) groups is 2. The van der Waals surface area contributed by atoms with E-state index in [1.54, 1.807) is 0 Å². The van der Waals surface area contributed by atoms with Gasteiger partial charge in [0.05, 0.1) is 0 Å². The zero-order valence-electron chi connectivity index (χ0n) is 14.6. The van der Waals surface area contributed by atoms with E-state index < -0.39 is 0 Å². The van der Waals surface area contributed by atoms with E-state index in [0.29, 0.717) is 27.8 Å². The van der Waals surface area contributed by atoms with Gasteiger partial charge in [0.2, 0.25) is 0 Å². The van der Waals surface area contributed by atoms with Crippen LogP contribution in [-0.2, 0) is 9.59 Å². The molecule has 3 rings (SSSR count). The van der Waals surface area contributed by atoms with Crippen molar-refractivity contribution in [2.45, 2.75) is 45.4 Å². The van der Waals surface area contributed by atoms with Crippen molar-refractivity contribution in [1.82, 2.24) is 0 Å². The Balaban J connectivity index is 1.83. The van der Waals surface area contributed by atoms with Gasteiger partial charge in [0.15, 0.2) is 0 Å². The molecule has 24 heavy (non-hydrogen) atoms. The molecular weight excluding hydrogens is 363 g/mol. The van der Waals surface area contributed by atoms with Crippen LogP contribution in [-0.4, -0.2) is 26.5 Å². The molecule has 2 aliphatic carbocycles. The van der Waals surface area contributed by atoms with Crippen LogP contribution >= 0.6 is 0 Å². The van der Waals surface area contributed by atoms with Crippen molar-refractivity contribution >= 4 is 31.0 Å². The van der Waals surface area contributed by atoms with Gasteiger partial charge in [0.1, 0.15) is 0 Å². The van der Waals surface area contributed by atoms with Crippen molar-refractivity contribution in [2.75, 3.05) is 0 Å². The van der Waals surface area contributed by atoms with Gasteiger partial charge in [0, 0.05) is 0 Å². The third kappa shape index (κ3) is 3.34. The van der Waals surface area contributed by atoms with Crippen LogP contribution in [0.4, 0.5) is 0 Å². The van der Waals surface area contributed by atoms with Crippen molar-refractivity contribution in [1.29, 1.82) is 0 Å². The second kappa shape index (κ2) is 6.82. The van der Waals surface area contributed by atoms with Crippen LogP contribution in [0.15, 0.2) is 53.1 Å². The molecule has 2 nitrogen and oxygen atoms in total. The number of allylic oxidation sites excluding steroid dienone is 4. The van der Waals surface area contributed by atoms with Crippen molar-refractivity contribution in [3.8, 4) is 0 Å². The molecule has 2 aliphatic rings. The fraction of sp³-hybridized carbons (Fsp3) is 0.429. The monoisotopic (exact) mass is 388 g/mol. The molecule has 2 atom stereocenters. The molecule has 0 unspecified atom stereocenters. The maximum atomic E-state index is 12.7. The van der Waals surface area contributed by atoms with Crippen LogP contribution in [0.3, 0.4) is 0 Å². The summed E-state index contributed by atoms with van der Waals surface area (Å²) in [7, 11) is 0. The molecule has 0 aromatic heterocycles. The summed E-state index contributed by atoms with van der Waals surface area (Å²) in [5, 5.41) is 1.02. The van der Waals surface area contributed by atoms with E-state index in [1.165, 1.54) is 4.46 Å². The second-order valence-corrected chi connectivity index (χ2v) is 9.54. The predicted molar refractivity (Wildman–Crippen MR) is 98.6 cm³/mol. The summed E-state index contributed by atoms with van der Waals surface area (Å²) in [5.41, 5.74) is 2.78. The van der Waals surface area contributed by atoms with Gasteiger partial charge in [-0.15, -0.1) is 0 Å². The van der Waals surface area contributed by atoms with Gasteiger partial charge in [-0.3, -0.25) is 0 Å². The molecular formula is C21H24O2Se. The van der Waals surface area contributed by atoms with E-state index >= 15 is 0 Å². The summed E-state index contributed by atoms with van der Waals surface area (Å²) in [4.78, 5) is 24.8. The molecule has 0 bridgehead atoms. The summed E-state index contributed by atoms with van der Waals surface area (Å²) in [6.45, 7) is 6.22. The number of benzene rings is 1. The Hall–Kier alpha value is -1.44. The summed E-state index contributed by atoms with van der Waals surface area (Å²) >= 11 is 0.369. The van der Waals surface area contributed by atoms with Crippen molar-refractivity contribution in [3.05, 3.63) is 53.1 Å². The van der Waals surface area contributed by atoms with Crippen LogP contribution < -0.4 is 4.46 Å². The molecule has 1 aromatic rings. The minimum absolute atomic E-state index is 0.136. The number of hydrogen-bond acceptors (Lipinski definition) is 2. The van der Waals surface area contributed by atoms with E-state index in [1.807, 2.05) is 13.0 Å². The van der Waals surface area contributed by atoms with Crippen molar-refractivity contribution < 1.29 is 9.59 Å². The van der Waals surface area contributed by atoms with Crippen LogP contribution in [0.1, 0.15) is 40.0 Å². The SMILES string of the molecule is CC1=C2C=C([C@H](C)C[Se]c3ccccc3)C(=O)C[C@@]2(C)CCC1=O. The number of fused-ring (bicyclic) bond motifs is 1. The molecule has 0 saturated heterocycles. The van der Waals surface area contributed by atoms with Gasteiger partial charge in [-0.05, 0) is 0 Å². The molecule has 0 aliphatic heterocycles. The summed E-state index contributed by atoms with van der Waals surface area (Å²) < 4.78 is 1.37. The van der Waals surface area contributed by atoms with Gasteiger partial charge in [-0.25, -0.2) is 0 Å². The maximum absolute atomic E-state index is 12.7. The molecule has 0 fully saturated rings. The van der Waals surface area contributed by atoms with Crippen molar-refractivity contribution in [2.24, 2.45) is 11.3 Å². The van der Waals surface area contributed by atoms with Gasteiger partial charge >= 0.3 is 150 Å². The second-order valence-electron chi connectivity index (χ2n) is 7.25. The first-order chi connectivity index (χ1) is 11.4. The third-order valence-corrected chi connectivity index (χ3v) is 7.99. The Labute approximate surface area is 150 Å². The number of hydrogen-bond donors (Lipinski definition) is 0. The van der Waals surface area contributed by atoms with E-state index in [-0.39, 0.29) is 22.9 Å². The van der Waals surface area contributed by atoms with E-state index in [2.05, 4.69) is 44.2 Å². The number of ketones is 2. The molecule has 0 heterocycles. The quantitative estimate of drug-likeness (QED) is 0.739. The van der Waals surface area contributed by atoms with E-state index in [0.717, 1.165) is 28.5 Å². The van der Waals surface area contributed by atoms with Gasteiger partial charge in [-0.1, -0.05) is 0 Å². The van der Waals surface area contributed by atoms with E-state index in [4.69, 9.17) is 0 Å². The summed E-state index contributed by atoms with van der Waals surface area (Å²) in [6, 6.07) is 10.5. The zero-order valence-corrected chi connectivity index (χ0v) is 16.3.